The van der Waals surface area contributed by atoms with E-state index in [0.717, 1.165) is 0 Å². The molecule has 2 N–H and O–H groups in total. The van der Waals surface area contributed by atoms with Crippen molar-refractivity contribution < 1.29 is 14.6 Å². The molecule has 2 rings (SSSR count). The Bertz CT molecular complexity index is 519. The molecule has 5 nitrogen and oxygen atoms in total. The van der Waals surface area contributed by atoms with E-state index in [1.165, 1.54) is 4.90 Å². The van der Waals surface area contributed by atoms with Crippen molar-refractivity contribution in [1.29, 1.82) is 0 Å². The number of aliphatic hydroxyl groups excluding tert-OH is 1. The van der Waals surface area contributed by atoms with Crippen molar-refractivity contribution in [2.45, 2.75) is 26.5 Å². The lowest BCUT2D eigenvalue weighted by Gasteiger charge is -2.17. The zero-order valence-electron chi connectivity index (χ0n) is 10.8. The predicted octanol–water partition coefficient (Wildman–Crippen LogP) is 1.19. The quantitative estimate of drug-likeness (QED) is 0.811. The van der Waals surface area contributed by atoms with Crippen molar-refractivity contribution >= 4 is 28.9 Å². The van der Waals surface area contributed by atoms with Crippen molar-refractivity contribution in [2.75, 3.05) is 11.5 Å². The fraction of sp³-hybridized carbons (Fsp3) is 0.385. The van der Waals surface area contributed by atoms with Gasteiger partial charge in [-0.1, -0.05) is 0 Å². The number of ether oxygens (including phenoxy) is 1. The van der Waals surface area contributed by atoms with Crippen molar-refractivity contribution in [2.24, 2.45) is 0 Å². The summed E-state index contributed by atoms with van der Waals surface area (Å²) in [4.78, 5) is 13.4. The molecule has 102 valence electrons. The number of aliphatic hydroxyl groups is 1. The molecule has 19 heavy (non-hydrogen) atoms. The van der Waals surface area contributed by atoms with Crippen LogP contribution in [-0.2, 0) is 11.4 Å². The minimum atomic E-state index is -0.323. The molecule has 0 saturated carbocycles. The van der Waals surface area contributed by atoms with Crippen LogP contribution in [0.1, 0.15) is 19.4 Å². The van der Waals surface area contributed by atoms with Crippen LogP contribution in [-0.4, -0.2) is 28.8 Å². The standard InChI is InChI=1S/C13H16N2O3S/c1-3-18-11-5-4-10(6-9(11)7-16)15-12(17)8(2)14-13(15)19/h4-6,8,16H,3,7H2,1-2H3,(H,14,19)/t8-/m1/s1. The molecule has 0 radical (unpaired) electrons. The SMILES string of the molecule is CCOc1ccc(N2C(=O)[C@@H](C)NC2=S)cc1CO. The van der Waals surface area contributed by atoms with Crippen molar-refractivity contribution in [1.82, 2.24) is 5.32 Å². The maximum Gasteiger partial charge on any atom is 0.255 e. The number of nitrogens with one attached hydrogen (secondary N) is 1. The van der Waals surface area contributed by atoms with Gasteiger partial charge >= 0.3 is 0 Å². The highest BCUT2D eigenvalue weighted by atomic mass is 32.1. The van der Waals surface area contributed by atoms with Crippen LogP contribution in [0.5, 0.6) is 5.75 Å². The van der Waals surface area contributed by atoms with Crippen LogP contribution in [0.25, 0.3) is 0 Å². The van der Waals surface area contributed by atoms with Crippen molar-refractivity contribution in [3.05, 3.63) is 23.8 Å². The molecule has 1 aliphatic heterocycles. The van der Waals surface area contributed by atoms with Gasteiger partial charge in [-0.3, -0.25) is 9.69 Å². The molecule has 1 aromatic rings. The van der Waals surface area contributed by atoms with E-state index < -0.39 is 0 Å². The number of rotatable bonds is 4. The van der Waals surface area contributed by atoms with Crippen LogP contribution in [0.3, 0.4) is 0 Å². The molecule has 1 aromatic carbocycles. The molecular formula is C13H16N2O3S. The number of carbonyl (C=O) groups is 1. The fourth-order valence-corrected chi connectivity index (χ4v) is 2.35. The third-order valence-electron chi connectivity index (χ3n) is 2.91. The maximum atomic E-state index is 12.0. The van der Waals surface area contributed by atoms with Crippen molar-refractivity contribution in [3.63, 3.8) is 0 Å². The highest BCUT2D eigenvalue weighted by Crippen LogP contribution is 2.27. The maximum absolute atomic E-state index is 12.0. The van der Waals surface area contributed by atoms with Gasteiger partial charge in [0.05, 0.1) is 18.9 Å². The molecule has 0 spiro atoms. The monoisotopic (exact) mass is 280 g/mol. The van der Waals surface area contributed by atoms with Crippen LogP contribution in [0.4, 0.5) is 5.69 Å². The van der Waals surface area contributed by atoms with Gasteiger partial charge in [0.2, 0.25) is 0 Å². The van der Waals surface area contributed by atoms with Crippen molar-refractivity contribution in [3.8, 4) is 5.75 Å². The molecule has 1 amide bonds. The lowest BCUT2D eigenvalue weighted by Crippen LogP contribution is -2.30. The molecule has 1 atom stereocenters. The molecule has 0 unspecified atom stereocenters. The van der Waals surface area contributed by atoms with E-state index in [2.05, 4.69) is 5.32 Å². The van der Waals surface area contributed by atoms with Gasteiger partial charge in [-0.05, 0) is 44.3 Å². The first-order valence-electron chi connectivity index (χ1n) is 6.09. The average molecular weight is 280 g/mol. The molecule has 1 heterocycles. The molecule has 1 fully saturated rings. The average Bonchev–Trinajstić information content (AvgIpc) is 2.64. The summed E-state index contributed by atoms with van der Waals surface area (Å²) in [5.41, 5.74) is 1.27. The zero-order valence-corrected chi connectivity index (χ0v) is 11.7. The second-order valence-electron chi connectivity index (χ2n) is 4.23. The first-order chi connectivity index (χ1) is 9.08. The van der Waals surface area contributed by atoms with Gasteiger partial charge in [-0.25, -0.2) is 0 Å². The number of hydrogen-bond donors (Lipinski definition) is 2. The Labute approximate surface area is 117 Å². The summed E-state index contributed by atoms with van der Waals surface area (Å²) in [7, 11) is 0. The van der Waals surface area contributed by atoms with Crippen LogP contribution in [0.15, 0.2) is 18.2 Å². The second kappa shape index (κ2) is 5.54. The van der Waals surface area contributed by atoms with Gasteiger partial charge < -0.3 is 15.2 Å². The summed E-state index contributed by atoms with van der Waals surface area (Å²) >= 11 is 5.14. The summed E-state index contributed by atoms with van der Waals surface area (Å²) < 4.78 is 5.41. The number of anilines is 1. The molecule has 1 aliphatic rings. The number of hydrogen-bond acceptors (Lipinski definition) is 4. The highest BCUT2D eigenvalue weighted by molar-refractivity contribution is 7.80. The summed E-state index contributed by atoms with van der Waals surface area (Å²) in [6.07, 6.45) is 0. The molecule has 0 aromatic heterocycles. The highest BCUT2D eigenvalue weighted by Gasteiger charge is 2.33. The second-order valence-corrected chi connectivity index (χ2v) is 4.61. The summed E-state index contributed by atoms with van der Waals surface area (Å²) in [5, 5.41) is 12.7. The Morgan fingerprint density at radius 2 is 2.26 bits per heavy atom. The van der Waals surface area contributed by atoms with Gasteiger partial charge in [0.15, 0.2) is 5.11 Å². The van der Waals surface area contributed by atoms with Gasteiger partial charge in [0.25, 0.3) is 5.91 Å². The fourth-order valence-electron chi connectivity index (χ4n) is 1.97. The van der Waals surface area contributed by atoms with Gasteiger partial charge in [-0.2, -0.15) is 0 Å². The summed E-state index contributed by atoms with van der Waals surface area (Å²) in [6, 6.07) is 4.89. The number of thiocarbonyl (C=S) groups is 1. The van der Waals surface area contributed by atoms with Gasteiger partial charge in [-0.15, -0.1) is 0 Å². The summed E-state index contributed by atoms with van der Waals surface area (Å²) in [5.74, 6) is 0.519. The zero-order chi connectivity index (χ0) is 14.0. The van der Waals surface area contributed by atoms with E-state index in [1.54, 1.807) is 25.1 Å². The summed E-state index contributed by atoms with van der Waals surface area (Å²) in [6.45, 7) is 4.00. The Hall–Kier alpha value is -1.66. The van der Waals surface area contributed by atoms with Crippen LogP contribution in [0, 0.1) is 0 Å². The lowest BCUT2D eigenvalue weighted by atomic mass is 10.1. The first-order valence-corrected chi connectivity index (χ1v) is 6.50. The normalized spacial score (nSPS) is 18.7. The molecule has 0 bridgehead atoms. The number of amides is 1. The Kier molecular flexibility index (Phi) is 4.01. The Morgan fingerprint density at radius 3 is 2.79 bits per heavy atom. The predicted molar refractivity (Wildman–Crippen MR) is 76.2 cm³/mol. The van der Waals surface area contributed by atoms with Crippen LogP contribution >= 0.6 is 12.2 Å². The lowest BCUT2D eigenvalue weighted by molar-refractivity contribution is -0.117. The topological polar surface area (TPSA) is 61.8 Å². The smallest absolute Gasteiger partial charge is 0.255 e. The number of nitrogens with zero attached hydrogens (tertiary/aromatic N) is 1. The van der Waals surface area contributed by atoms with Gasteiger partial charge in [0.1, 0.15) is 11.8 Å². The molecule has 0 aliphatic carbocycles. The third kappa shape index (κ3) is 2.54. The number of carbonyl (C=O) groups excluding carboxylic acids is 1. The first kappa shape index (κ1) is 13.8. The third-order valence-corrected chi connectivity index (χ3v) is 3.21. The number of benzene rings is 1. The molecular weight excluding hydrogens is 264 g/mol. The van der Waals surface area contributed by atoms with E-state index in [0.29, 0.717) is 28.7 Å². The van der Waals surface area contributed by atoms with E-state index in [9.17, 15) is 9.90 Å². The van der Waals surface area contributed by atoms with Gasteiger partial charge in [0, 0.05) is 5.56 Å². The minimum Gasteiger partial charge on any atom is -0.494 e. The van der Waals surface area contributed by atoms with Crippen LogP contribution in [0.2, 0.25) is 0 Å². The van der Waals surface area contributed by atoms with E-state index in [1.807, 2.05) is 6.92 Å². The Balaban J connectivity index is 2.36. The largest absolute Gasteiger partial charge is 0.494 e. The van der Waals surface area contributed by atoms with E-state index >= 15 is 0 Å². The van der Waals surface area contributed by atoms with E-state index in [-0.39, 0.29) is 18.6 Å². The molecule has 1 saturated heterocycles. The molecule has 6 heteroatoms. The Morgan fingerprint density at radius 1 is 1.53 bits per heavy atom. The van der Waals surface area contributed by atoms with Crippen LogP contribution < -0.4 is 15.0 Å². The van der Waals surface area contributed by atoms with E-state index in [4.69, 9.17) is 17.0 Å². The minimum absolute atomic E-state index is 0.0990.